The summed E-state index contributed by atoms with van der Waals surface area (Å²) >= 11 is 5.97. The zero-order chi connectivity index (χ0) is 16.6. The van der Waals surface area contributed by atoms with E-state index in [0.29, 0.717) is 16.5 Å². The van der Waals surface area contributed by atoms with Crippen molar-refractivity contribution in [1.29, 1.82) is 0 Å². The van der Waals surface area contributed by atoms with Crippen molar-refractivity contribution in [3.05, 3.63) is 52.1 Å². The highest BCUT2D eigenvalue weighted by Crippen LogP contribution is 2.26. The first-order chi connectivity index (χ1) is 10.9. The van der Waals surface area contributed by atoms with Gasteiger partial charge < -0.3 is 14.3 Å². The summed E-state index contributed by atoms with van der Waals surface area (Å²) in [5.41, 5.74) is 2.31. The van der Waals surface area contributed by atoms with E-state index in [1.165, 1.54) is 0 Å². The maximum atomic E-state index is 12.2. The number of fused-ring (bicyclic) bond motifs is 1. The van der Waals surface area contributed by atoms with Gasteiger partial charge in [-0.15, -0.1) is 0 Å². The second kappa shape index (κ2) is 6.08. The van der Waals surface area contributed by atoms with Crippen LogP contribution in [0.15, 0.2) is 33.2 Å². The first-order valence-corrected chi connectivity index (χ1v) is 7.72. The number of amides is 1. The van der Waals surface area contributed by atoms with Gasteiger partial charge in [-0.1, -0.05) is 16.8 Å². The second-order valence-electron chi connectivity index (χ2n) is 5.60. The Morgan fingerprint density at radius 1 is 1.35 bits per heavy atom. The van der Waals surface area contributed by atoms with Crippen molar-refractivity contribution in [3.8, 4) is 0 Å². The van der Waals surface area contributed by atoms with Gasteiger partial charge in [0.25, 0.3) is 0 Å². The fourth-order valence-electron chi connectivity index (χ4n) is 2.53. The van der Waals surface area contributed by atoms with Crippen LogP contribution in [0.5, 0.6) is 0 Å². The third-order valence-corrected chi connectivity index (χ3v) is 4.06. The van der Waals surface area contributed by atoms with E-state index < -0.39 is 0 Å². The number of benzene rings is 1. The zero-order valence-corrected chi connectivity index (χ0v) is 13.9. The summed E-state index contributed by atoms with van der Waals surface area (Å²) in [7, 11) is 0. The fourth-order valence-corrected chi connectivity index (χ4v) is 2.71. The van der Waals surface area contributed by atoms with Crippen LogP contribution in [0, 0.1) is 13.8 Å². The molecular formula is C17H17ClN2O3. The molecule has 0 bridgehead atoms. The Morgan fingerprint density at radius 3 is 2.83 bits per heavy atom. The molecule has 1 atom stereocenters. The predicted molar refractivity (Wildman–Crippen MR) is 87.5 cm³/mol. The molecule has 0 fully saturated rings. The van der Waals surface area contributed by atoms with Crippen molar-refractivity contribution >= 4 is 28.5 Å². The molecule has 3 rings (SSSR count). The van der Waals surface area contributed by atoms with Crippen molar-refractivity contribution < 1.29 is 13.7 Å². The van der Waals surface area contributed by atoms with Crippen molar-refractivity contribution in [2.45, 2.75) is 33.2 Å². The smallest absolute Gasteiger partial charge is 0.225 e. The summed E-state index contributed by atoms with van der Waals surface area (Å²) in [4.78, 5) is 12.2. The van der Waals surface area contributed by atoms with E-state index >= 15 is 0 Å². The molecule has 1 amide bonds. The second-order valence-corrected chi connectivity index (χ2v) is 6.04. The van der Waals surface area contributed by atoms with Crippen LogP contribution in [0.4, 0.5) is 0 Å². The molecule has 0 aliphatic carbocycles. The quantitative estimate of drug-likeness (QED) is 0.780. The molecule has 1 aromatic carbocycles. The minimum absolute atomic E-state index is 0.106. The van der Waals surface area contributed by atoms with E-state index in [1.54, 1.807) is 13.0 Å². The van der Waals surface area contributed by atoms with Gasteiger partial charge in [0, 0.05) is 16.0 Å². The van der Waals surface area contributed by atoms with Gasteiger partial charge in [0.05, 0.1) is 18.2 Å². The minimum Gasteiger partial charge on any atom is -0.459 e. The van der Waals surface area contributed by atoms with Gasteiger partial charge in [-0.3, -0.25) is 4.79 Å². The first-order valence-electron chi connectivity index (χ1n) is 7.34. The molecule has 1 N–H and O–H groups in total. The Morgan fingerprint density at radius 2 is 2.13 bits per heavy atom. The third kappa shape index (κ3) is 3.24. The molecule has 0 aliphatic heterocycles. The topological polar surface area (TPSA) is 68.3 Å². The van der Waals surface area contributed by atoms with E-state index in [1.807, 2.05) is 32.0 Å². The number of carbonyl (C=O) groups excluding carboxylic acids is 1. The monoisotopic (exact) mass is 332 g/mol. The molecule has 3 aromatic rings. The Labute approximate surface area is 138 Å². The first kappa shape index (κ1) is 15.6. The standard InChI is InChI=1S/C17H17ClN2O3/c1-9-14(11(3)23-20-9)8-17(21)19-10(2)16-7-12-6-13(18)4-5-15(12)22-16/h4-7,10H,8H2,1-3H3,(H,19,21)/t10-/m1/s1. The number of nitrogens with one attached hydrogen (secondary N) is 1. The van der Waals surface area contributed by atoms with E-state index in [-0.39, 0.29) is 18.4 Å². The van der Waals surface area contributed by atoms with Gasteiger partial charge in [-0.05, 0) is 45.0 Å². The molecule has 23 heavy (non-hydrogen) atoms. The molecule has 0 radical (unpaired) electrons. The maximum Gasteiger partial charge on any atom is 0.225 e. The van der Waals surface area contributed by atoms with Crippen LogP contribution in [0.25, 0.3) is 11.0 Å². The van der Waals surface area contributed by atoms with Crippen molar-refractivity contribution in [2.24, 2.45) is 0 Å². The number of rotatable bonds is 4. The van der Waals surface area contributed by atoms with Crippen LogP contribution in [0.3, 0.4) is 0 Å². The lowest BCUT2D eigenvalue weighted by Crippen LogP contribution is -2.28. The van der Waals surface area contributed by atoms with Crippen molar-refractivity contribution in [2.75, 3.05) is 0 Å². The zero-order valence-electron chi connectivity index (χ0n) is 13.1. The van der Waals surface area contributed by atoms with E-state index in [2.05, 4.69) is 10.5 Å². The van der Waals surface area contributed by atoms with Gasteiger partial charge in [0.15, 0.2) is 0 Å². The minimum atomic E-state index is -0.242. The van der Waals surface area contributed by atoms with Crippen LogP contribution in [-0.4, -0.2) is 11.1 Å². The van der Waals surface area contributed by atoms with Crippen LogP contribution >= 0.6 is 11.6 Å². The average Bonchev–Trinajstić information content (AvgIpc) is 3.05. The Balaban J connectivity index is 1.72. The summed E-state index contributed by atoms with van der Waals surface area (Å²) in [5.74, 6) is 1.25. The summed E-state index contributed by atoms with van der Waals surface area (Å²) in [5, 5.41) is 8.36. The molecule has 0 unspecified atom stereocenters. The number of aryl methyl sites for hydroxylation is 2. The van der Waals surface area contributed by atoms with Crippen LogP contribution < -0.4 is 5.32 Å². The van der Waals surface area contributed by atoms with E-state index in [4.69, 9.17) is 20.5 Å². The molecule has 5 nitrogen and oxygen atoms in total. The lowest BCUT2D eigenvalue weighted by molar-refractivity contribution is -0.121. The number of carbonyl (C=O) groups is 1. The highest BCUT2D eigenvalue weighted by atomic mass is 35.5. The summed E-state index contributed by atoms with van der Waals surface area (Å²) in [6, 6.07) is 7.08. The highest BCUT2D eigenvalue weighted by Gasteiger charge is 2.17. The summed E-state index contributed by atoms with van der Waals surface area (Å²) < 4.78 is 10.8. The van der Waals surface area contributed by atoms with E-state index in [9.17, 15) is 4.79 Å². The number of nitrogens with zero attached hydrogens (tertiary/aromatic N) is 1. The van der Waals surface area contributed by atoms with Crippen LogP contribution in [0.2, 0.25) is 5.02 Å². The van der Waals surface area contributed by atoms with Gasteiger partial charge in [0.2, 0.25) is 5.91 Å². The Bertz CT molecular complexity index is 846. The van der Waals surface area contributed by atoms with Gasteiger partial charge in [-0.2, -0.15) is 0 Å². The fraction of sp³-hybridized carbons (Fsp3) is 0.294. The molecule has 0 aliphatic rings. The highest BCUT2D eigenvalue weighted by molar-refractivity contribution is 6.31. The Hall–Kier alpha value is -2.27. The van der Waals surface area contributed by atoms with Crippen molar-refractivity contribution in [1.82, 2.24) is 10.5 Å². The molecule has 2 aromatic heterocycles. The van der Waals surface area contributed by atoms with E-state index in [0.717, 1.165) is 22.2 Å². The predicted octanol–water partition coefficient (Wildman–Crippen LogP) is 4.11. The molecular weight excluding hydrogens is 316 g/mol. The van der Waals surface area contributed by atoms with Crippen LogP contribution in [0.1, 0.15) is 35.7 Å². The normalized spacial score (nSPS) is 12.5. The van der Waals surface area contributed by atoms with Gasteiger partial charge >= 0.3 is 0 Å². The molecule has 0 saturated carbocycles. The largest absolute Gasteiger partial charge is 0.459 e. The molecule has 0 saturated heterocycles. The number of hydrogen-bond donors (Lipinski definition) is 1. The number of hydrogen-bond acceptors (Lipinski definition) is 4. The Kier molecular flexibility index (Phi) is 4.13. The lowest BCUT2D eigenvalue weighted by atomic mass is 10.1. The summed E-state index contributed by atoms with van der Waals surface area (Å²) in [6.07, 6.45) is 0.234. The lowest BCUT2D eigenvalue weighted by Gasteiger charge is -2.11. The molecule has 6 heteroatoms. The van der Waals surface area contributed by atoms with Crippen LogP contribution in [-0.2, 0) is 11.2 Å². The average molecular weight is 333 g/mol. The third-order valence-electron chi connectivity index (χ3n) is 3.82. The molecule has 120 valence electrons. The maximum absolute atomic E-state index is 12.2. The van der Waals surface area contributed by atoms with Crippen molar-refractivity contribution in [3.63, 3.8) is 0 Å². The molecule has 0 spiro atoms. The summed E-state index contributed by atoms with van der Waals surface area (Å²) in [6.45, 7) is 5.51. The molecule has 2 heterocycles. The number of furan rings is 1. The number of aromatic nitrogens is 1. The number of halogens is 1. The van der Waals surface area contributed by atoms with Gasteiger partial charge in [0.1, 0.15) is 17.1 Å². The van der Waals surface area contributed by atoms with Gasteiger partial charge in [-0.25, -0.2) is 0 Å². The SMILES string of the molecule is Cc1noc(C)c1CC(=O)N[C@H](C)c1cc2cc(Cl)ccc2o1.